The van der Waals surface area contributed by atoms with Gasteiger partial charge in [-0.3, -0.25) is 4.79 Å². The fourth-order valence-electron chi connectivity index (χ4n) is 3.00. The number of para-hydroxylation sites is 2. The van der Waals surface area contributed by atoms with Crippen LogP contribution in [0.15, 0.2) is 24.3 Å². The van der Waals surface area contributed by atoms with Gasteiger partial charge < -0.3 is 15.2 Å². The number of nitrogens with two attached hydrogens (primary N) is 1. The van der Waals surface area contributed by atoms with Crippen molar-refractivity contribution in [2.75, 3.05) is 19.6 Å². The largest absolute Gasteiger partial charge is 0.341 e. The molecule has 1 aromatic carbocycles. The van der Waals surface area contributed by atoms with E-state index >= 15 is 0 Å². The molecule has 0 unspecified atom stereocenters. The number of likely N-dealkylation sites (tertiary alicyclic amines) is 1. The van der Waals surface area contributed by atoms with Crippen molar-refractivity contribution in [1.82, 2.24) is 14.5 Å². The fourth-order valence-corrected chi connectivity index (χ4v) is 3.00. The topological polar surface area (TPSA) is 64.1 Å². The predicted molar refractivity (Wildman–Crippen MR) is 82.9 cm³/mol. The molecule has 112 valence electrons. The van der Waals surface area contributed by atoms with Crippen LogP contribution in [0.4, 0.5) is 0 Å². The molecule has 0 bridgehead atoms. The lowest BCUT2D eigenvalue weighted by atomic mass is 10.1. The van der Waals surface area contributed by atoms with E-state index in [0.29, 0.717) is 19.5 Å². The van der Waals surface area contributed by atoms with Crippen molar-refractivity contribution in [3.05, 3.63) is 30.1 Å². The van der Waals surface area contributed by atoms with Crippen molar-refractivity contribution >= 4 is 16.9 Å². The van der Waals surface area contributed by atoms with E-state index in [1.54, 1.807) is 0 Å². The number of piperidine rings is 1. The second kappa shape index (κ2) is 6.26. The van der Waals surface area contributed by atoms with Crippen LogP contribution in [0.25, 0.3) is 11.0 Å². The van der Waals surface area contributed by atoms with E-state index in [0.717, 1.165) is 42.8 Å². The zero-order valence-corrected chi connectivity index (χ0v) is 12.3. The molecule has 0 radical (unpaired) electrons. The molecular formula is C16H22N4O. The summed E-state index contributed by atoms with van der Waals surface area (Å²) in [6, 6.07) is 7.96. The third-order valence-corrected chi connectivity index (χ3v) is 4.10. The number of benzene rings is 1. The van der Waals surface area contributed by atoms with E-state index in [9.17, 15) is 4.79 Å². The SMILES string of the molecule is NCCc1nc2ccccc2n1CC(=O)N1CCCCC1. The van der Waals surface area contributed by atoms with Crippen LogP contribution in [0.3, 0.4) is 0 Å². The summed E-state index contributed by atoms with van der Waals surface area (Å²) >= 11 is 0. The number of fused-ring (bicyclic) bond motifs is 1. The molecule has 5 heteroatoms. The zero-order chi connectivity index (χ0) is 14.7. The first-order valence-electron chi connectivity index (χ1n) is 7.71. The summed E-state index contributed by atoms with van der Waals surface area (Å²) in [7, 11) is 0. The quantitative estimate of drug-likeness (QED) is 0.927. The number of carbonyl (C=O) groups excluding carboxylic acids is 1. The van der Waals surface area contributed by atoms with E-state index in [1.807, 2.05) is 33.7 Å². The normalized spacial score (nSPS) is 15.6. The fraction of sp³-hybridized carbons (Fsp3) is 0.500. The van der Waals surface area contributed by atoms with Gasteiger partial charge in [-0.05, 0) is 37.9 Å². The predicted octanol–water partition coefficient (Wildman–Crippen LogP) is 1.55. The van der Waals surface area contributed by atoms with E-state index in [-0.39, 0.29) is 5.91 Å². The summed E-state index contributed by atoms with van der Waals surface area (Å²) in [4.78, 5) is 19.1. The standard InChI is InChI=1S/C16H22N4O/c17-9-8-15-18-13-6-2-3-7-14(13)20(15)12-16(21)19-10-4-1-5-11-19/h2-3,6-7H,1,4-5,8-12,17H2. The van der Waals surface area contributed by atoms with Crippen LogP contribution in [0.1, 0.15) is 25.1 Å². The molecule has 2 aromatic rings. The molecule has 1 aliphatic rings. The van der Waals surface area contributed by atoms with Crippen LogP contribution < -0.4 is 5.73 Å². The van der Waals surface area contributed by atoms with Gasteiger partial charge in [-0.15, -0.1) is 0 Å². The zero-order valence-electron chi connectivity index (χ0n) is 12.3. The second-order valence-electron chi connectivity index (χ2n) is 5.58. The molecule has 1 saturated heterocycles. The van der Waals surface area contributed by atoms with E-state index in [4.69, 9.17) is 5.73 Å². The lowest BCUT2D eigenvalue weighted by Crippen LogP contribution is -2.38. The average molecular weight is 286 g/mol. The third-order valence-electron chi connectivity index (χ3n) is 4.10. The number of carbonyl (C=O) groups is 1. The molecule has 0 spiro atoms. The lowest BCUT2D eigenvalue weighted by molar-refractivity contribution is -0.132. The second-order valence-corrected chi connectivity index (χ2v) is 5.58. The monoisotopic (exact) mass is 286 g/mol. The molecule has 0 atom stereocenters. The summed E-state index contributed by atoms with van der Waals surface area (Å²) in [6.45, 7) is 2.69. The number of amides is 1. The molecular weight excluding hydrogens is 264 g/mol. The Morgan fingerprint density at radius 2 is 1.95 bits per heavy atom. The highest BCUT2D eigenvalue weighted by Gasteiger charge is 2.19. The van der Waals surface area contributed by atoms with Crippen LogP contribution >= 0.6 is 0 Å². The van der Waals surface area contributed by atoms with Gasteiger partial charge in [0.2, 0.25) is 5.91 Å². The van der Waals surface area contributed by atoms with Gasteiger partial charge in [0.05, 0.1) is 11.0 Å². The van der Waals surface area contributed by atoms with Crippen molar-refractivity contribution in [2.45, 2.75) is 32.2 Å². The summed E-state index contributed by atoms with van der Waals surface area (Å²) in [5.74, 6) is 1.10. The Kier molecular flexibility index (Phi) is 4.20. The molecule has 1 aliphatic heterocycles. The van der Waals surface area contributed by atoms with E-state index in [2.05, 4.69) is 4.98 Å². The summed E-state index contributed by atoms with van der Waals surface area (Å²) in [5, 5.41) is 0. The van der Waals surface area contributed by atoms with E-state index < -0.39 is 0 Å². The van der Waals surface area contributed by atoms with Gasteiger partial charge in [-0.25, -0.2) is 4.98 Å². The maximum atomic E-state index is 12.5. The van der Waals surface area contributed by atoms with Gasteiger partial charge in [0.1, 0.15) is 12.4 Å². The van der Waals surface area contributed by atoms with Gasteiger partial charge in [0.25, 0.3) is 0 Å². The third kappa shape index (κ3) is 2.93. The molecule has 1 amide bonds. The Bertz CT molecular complexity index is 628. The van der Waals surface area contributed by atoms with Crippen LogP contribution in [0.5, 0.6) is 0 Å². The van der Waals surface area contributed by atoms with Crippen LogP contribution in [0, 0.1) is 0 Å². The molecule has 0 aliphatic carbocycles. The Morgan fingerprint density at radius 3 is 2.71 bits per heavy atom. The maximum Gasteiger partial charge on any atom is 0.242 e. The Morgan fingerprint density at radius 1 is 1.19 bits per heavy atom. The van der Waals surface area contributed by atoms with Crippen LogP contribution in [-0.2, 0) is 17.8 Å². The van der Waals surface area contributed by atoms with E-state index in [1.165, 1.54) is 6.42 Å². The molecule has 0 saturated carbocycles. The van der Waals surface area contributed by atoms with Gasteiger partial charge in [-0.1, -0.05) is 12.1 Å². The van der Waals surface area contributed by atoms with Crippen molar-refractivity contribution in [3.63, 3.8) is 0 Å². The molecule has 1 fully saturated rings. The number of hydrogen-bond acceptors (Lipinski definition) is 3. The van der Waals surface area contributed by atoms with Crippen LogP contribution in [-0.4, -0.2) is 40.0 Å². The molecule has 21 heavy (non-hydrogen) atoms. The number of rotatable bonds is 4. The highest BCUT2D eigenvalue weighted by molar-refractivity contribution is 5.81. The van der Waals surface area contributed by atoms with Gasteiger partial charge in [0, 0.05) is 19.5 Å². The van der Waals surface area contributed by atoms with Gasteiger partial charge in [0.15, 0.2) is 0 Å². The highest BCUT2D eigenvalue weighted by atomic mass is 16.2. The smallest absolute Gasteiger partial charge is 0.242 e. The van der Waals surface area contributed by atoms with Crippen molar-refractivity contribution in [3.8, 4) is 0 Å². The first-order valence-corrected chi connectivity index (χ1v) is 7.71. The van der Waals surface area contributed by atoms with Gasteiger partial charge >= 0.3 is 0 Å². The Labute approximate surface area is 124 Å². The molecule has 5 nitrogen and oxygen atoms in total. The number of imidazole rings is 1. The minimum atomic E-state index is 0.191. The van der Waals surface area contributed by atoms with Gasteiger partial charge in [-0.2, -0.15) is 0 Å². The van der Waals surface area contributed by atoms with Crippen molar-refractivity contribution < 1.29 is 4.79 Å². The minimum absolute atomic E-state index is 0.191. The van der Waals surface area contributed by atoms with Crippen LogP contribution in [0.2, 0.25) is 0 Å². The Balaban J connectivity index is 1.87. The van der Waals surface area contributed by atoms with Crippen molar-refractivity contribution in [1.29, 1.82) is 0 Å². The summed E-state index contributed by atoms with van der Waals surface area (Å²) in [5.41, 5.74) is 7.63. The lowest BCUT2D eigenvalue weighted by Gasteiger charge is -2.27. The first kappa shape index (κ1) is 14.1. The van der Waals surface area contributed by atoms with Crippen molar-refractivity contribution in [2.24, 2.45) is 5.73 Å². The molecule has 2 N–H and O–H groups in total. The number of aromatic nitrogens is 2. The molecule has 3 rings (SSSR count). The molecule has 2 heterocycles. The summed E-state index contributed by atoms with van der Waals surface area (Å²) in [6.07, 6.45) is 4.16. The Hall–Kier alpha value is -1.88. The number of hydrogen-bond donors (Lipinski definition) is 1. The number of nitrogens with zero attached hydrogens (tertiary/aromatic N) is 3. The minimum Gasteiger partial charge on any atom is -0.341 e. The maximum absolute atomic E-state index is 12.5. The average Bonchev–Trinajstić information content (AvgIpc) is 2.86. The molecule has 1 aromatic heterocycles. The first-order chi connectivity index (χ1) is 10.3. The highest BCUT2D eigenvalue weighted by Crippen LogP contribution is 2.17. The summed E-state index contributed by atoms with van der Waals surface area (Å²) < 4.78 is 2.03.